The highest BCUT2D eigenvalue weighted by atomic mass is 32.1. The van der Waals surface area contributed by atoms with E-state index in [9.17, 15) is 9.59 Å². The molecule has 1 heterocycles. The van der Waals surface area contributed by atoms with E-state index in [1.165, 1.54) is 4.90 Å². The number of hydrogen-bond donors (Lipinski definition) is 3. The van der Waals surface area contributed by atoms with E-state index in [1.807, 2.05) is 49.4 Å². The van der Waals surface area contributed by atoms with Gasteiger partial charge in [0.25, 0.3) is 5.91 Å². The zero-order chi connectivity index (χ0) is 18.7. The largest absolute Gasteiger partial charge is 0.351 e. The molecule has 26 heavy (non-hydrogen) atoms. The van der Waals surface area contributed by atoms with E-state index in [4.69, 9.17) is 12.2 Å². The molecule has 3 N–H and O–H groups in total. The van der Waals surface area contributed by atoms with Gasteiger partial charge in [0.15, 0.2) is 5.11 Å². The lowest BCUT2D eigenvalue weighted by atomic mass is 10.2. The quantitative estimate of drug-likeness (QED) is 0.725. The molecule has 2 aromatic rings. The van der Waals surface area contributed by atoms with E-state index < -0.39 is 0 Å². The first-order chi connectivity index (χ1) is 12.4. The summed E-state index contributed by atoms with van der Waals surface area (Å²) >= 11 is 5.19. The number of nitrogens with one attached hydrogen (secondary N) is 3. The lowest BCUT2D eigenvalue weighted by Crippen LogP contribution is -2.30. The number of aryl methyl sites for hydroxylation is 1. The van der Waals surface area contributed by atoms with E-state index in [0.29, 0.717) is 17.3 Å². The Balaban J connectivity index is 1.65. The third kappa shape index (κ3) is 4.18. The fraction of sp³-hybridized carbons (Fsp3) is 0.211. The number of amides is 3. The van der Waals surface area contributed by atoms with Crippen molar-refractivity contribution in [2.75, 3.05) is 10.6 Å². The SMILES string of the molecule is Cc1cccc(NC(=O)Nc2cccc(CN3C(=O)[C@@H](C)NC3=S)c2)c1. The molecule has 2 aromatic carbocycles. The number of rotatable bonds is 4. The molecular weight excluding hydrogens is 348 g/mol. The van der Waals surface area contributed by atoms with Gasteiger partial charge < -0.3 is 16.0 Å². The van der Waals surface area contributed by atoms with Gasteiger partial charge in [-0.1, -0.05) is 24.3 Å². The number of carbonyl (C=O) groups excluding carboxylic acids is 2. The van der Waals surface area contributed by atoms with Gasteiger partial charge in [0.1, 0.15) is 6.04 Å². The van der Waals surface area contributed by atoms with Crippen molar-refractivity contribution in [3.63, 3.8) is 0 Å². The maximum atomic E-state index is 12.2. The van der Waals surface area contributed by atoms with Gasteiger partial charge in [-0.05, 0) is 61.5 Å². The molecule has 0 unspecified atom stereocenters. The van der Waals surface area contributed by atoms with Gasteiger partial charge in [-0.2, -0.15) is 0 Å². The van der Waals surface area contributed by atoms with Gasteiger partial charge >= 0.3 is 6.03 Å². The Kier molecular flexibility index (Phi) is 5.18. The van der Waals surface area contributed by atoms with Crippen molar-refractivity contribution >= 4 is 40.6 Å². The molecule has 134 valence electrons. The van der Waals surface area contributed by atoms with Gasteiger partial charge in [-0.25, -0.2) is 4.79 Å². The summed E-state index contributed by atoms with van der Waals surface area (Å²) in [5, 5.41) is 8.98. The molecule has 3 rings (SSSR count). The molecule has 1 aliphatic heterocycles. The number of anilines is 2. The average Bonchev–Trinajstić information content (AvgIpc) is 2.81. The van der Waals surface area contributed by atoms with Gasteiger partial charge in [0.2, 0.25) is 0 Å². The van der Waals surface area contributed by atoms with Crippen LogP contribution in [0.3, 0.4) is 0 Å². The van der Waals surface area contributed by atoms with Crippen LogP contribution in [0.4, 0.5) is 16.2 Å². The van der Waals surface area contributed by atoms with E-state index >= 15 is 0 Å². The van der Waals surface area contributed by atoms with Crippen LogP contribution in [0.25, 0.3) is 0 Å². The molecule has 0 aliphatic carbocycles. The molecule has 0 radical (unpaired) electrons. The summed E-state index contributed by atoms with van der Waals surface area (Å²) in [6.45, 7) is 4.11. The van der Waals surface area contributed by atoms with Crippen molar-refractivity contribution in [3.8, 4) is 0 Å². The second-order valence-electron chi connectivity index (χ2n) is 6.24. The summed E-state index contributed by atoms with van der Waals surface area (Å²) < 4.78 is 0. The van der Waals surface area contributed by atoms with Crippen molar-refractivity contribution in [1.29, 1.82) is 0 Å². The summed E-state index contributed by atoms with van der Waals surface area (Å²) in [4.78, 5) is 25.8. The minimum Gasteiger partial charge on any atom is -0.351 e. The van der Waals surface area contributed by atoms with Crippen molar-refractivity contribution < 1.29 is 9.59 Å². The molecule has 1 aliphatic rings. The minimum absolute atomic E-state index is 0.0504. The summed E-state index contributed by atoms with van der Waals surface area (Å²) in [7, 11) is 0. The molecule has 0 aromatic heterocycles. The molecule has 1 fully saturated rings. The molecule has 6 nitrogen and oxygen atoms in total. The van der Waals surface area contributed by atoms with E-state index in [-0.39, 0.29) is 18.0 Å². The van der Waals surface area contributed by atoms with Gasteiger partial charge in [0, 0.05) is 11.4 Å². The highest BCUT2D eigenvalue weighted by molar-refractivity contribution is 7.80. The van der Waals surface area contributed by atoms with Crippen molar-refractivity contribution in [2.24, 2.45) is 0 Å². The highest BCUT2D eigenvalue weighted by Crippen LogP contribution is 2.17. The summed E-state index contributed by atoms with van der Waals surface area (Å²) in [6, 6.07) is 14.3. The number of nitrogens with zero attached hydrogens (tertiary/aromatic N) is 1. The molecule has 3 amide bonds. The monoisotopic (exact) mass is 368 g/mol. The summed E-state index contributed by atoms with van der Waals surface area (Å²) in [5.41, 5.74) is 3.32. The van der Waals surface area contributed by atoms with Crippen LogP contribution >= 0.6 is 12.2 Å². The molecule has 0 spiro atoms. The predicted octanol–water partition coefficient (Wildman–Crippen LogP) is 3.24. The number of hydrogen-bond acceptors (Lipinski definition) is 3. The maximum absolute atomic E-state index is 12.2. The van der Waals surface area contributed by atoms with Gasteiger partial charge in [-0.3, -0.25) is 9.69 Å². The summed E-state index contributed by atoms with van der Waals surface area (Å²) in [5.74, 6) is -0.0504. The van der Waals surface area contributed by atoms with E-state index in [1.54, 1.807) is 13.0 Å². The van der Waals surface area contributed by atoms with Crippen LogP contribution < -0.4 is 16.0 Å². The standard InChI is InChI=1S/C19H20N4O2S/c1-12-5-3-7-15(9-12)21-18(25)22-16-8-4-6-14(10-16)11-23-17(24)13(2)20-19(23)26/h3-10,13H,11H2,1-2H3,(H,20,26)(H2,21,22,25)/t13-/m1/s1. The topological polar surface area (TPSA) is 73.5 Å². The number of carbonyl (C=O) groups is 2. The van der Waals surface area contributed by atoms with Crippen molar-refractivity contribution in [2.45, 2.75) is 26.4 Å². The van der Waals surface area contributed by atoms with Crippen LogP contribution in [0.15, 0.2) is 48.5 Å². The van der Waals surface area contributed by atoms with Crippen molar-refractivity contribution in [1.82, 2.24) is 10.2 Å². The first kappa shape index (κ1) is 17.9. The second kappa shape index (κ2) is 7.53. The fourth-order valence-corrected chi connectivity index (χ4v) is 3.09. The Labute approximate surface area is 157 Å². The van der Waals surface area contributed by atoms with Crippen LogP contribution in [-0.4, -0.2) is 28.0 Å². The van der Waals surface area contributed by atoms with Gasteiger partial charge in [-0.15, -0.1) is 0 Å². The summed E-state index contributed by atoms with van der Waals surface area (Å²) in [6.07, 6.45) is 0. The van der Waals surface area contributed by atoms with Crippen LogP contribution in [0.2, 0.25) is 0 Å². The predicted molar refractivity (Wildman–Crippen MR) is 106 cm³/mol. The van der Waals surface area contributed by atoms with Crippen LogP contribution in [0.5, 0.6) is 0 Å². The lowest BCUT2D eigenvalue weighted by molar-refractivity contribution is -0.127. The normalized spacial score (nSPS) is 16.4. The molecule has 0 bridgehead atoms. The first-order valence-corrected chi connectivity index (χ1v) is 8.69. The zero-order valence-electron chi connectivity index (χ0n) is 14.6. The molecule has 7 heteroatoms. The second-order valence-corrected chi connectivity index (χ2v) is 6.63. The van der Waals surface area contributed by atoms with E-state index in [2.05, 4.69) is 16.0 Å². The Morgan fingerprint density at radius 3 is 2.42 bits per heavy atom. The first-order valence-electron chi connectivity index (χ1n) is 8.28. The Morgan fingerprint density at radius 2 is 1.81 bits per heavy atom. The van der Waals surface area contributed by atoms with Crippen LogP contribution in [0.1, 0.15) is 18.1 Å². The Hall–Kier alpha value is -2.93. The van der Waals surface area contributed by atoms with Crippen molar-refractivity contribution in [3.05, 3.63) is 59.7 Å². The Bertz CT molecular complexity index is 868. The third-order valence-electron chi connectivity index (χ3n) is 4.02. The minimum atomic E-state index is -0.323. The van der Waals surface area contributed by atoms with E-state index in [0.717, 1.165) is 16.8 Å². The fourth-order valence-electron chi connectivity index (χ4n) is 2.75. The number of urea groups is 1. The number of thiocarbonyl (C=S) groups is 1. The number of benzene rings is 2. The molecule has 1 atom stereocenters. The molecule has 1 saturated heterocycles. The lowest BCUT2D eigenvalue weighted by Gasteiger charge is -2.15. The smallest absolute Gasteiger partial charge is 0.323 e. The third-order valence-corrected chi connectivity index (χ3v) is 4.36. The highest BCUT2D eigenvalue weighted by Gasteiger charge is 2.31. The Morgan fingerprint density at radius 1 is 1.15 bits per heavy atom. The van der Waals surface area contributed by atoms with Crippen LogP contribution in [0, 0.1) is 6.92 Å². The van der Waals surface area contributed by atoms with Crippen LogP contribution in [-0.2, 0) is 11.3 Å². The zero-order valence-corrected chi connectivity index (χ0v) is 15.4. The maximum Gasteiger partial charge on any atom is 0.323 e. The molecular formula is C19H20N4O2S. The average molecular weight is 368 g/mol. The molecule has 0 saturated carbocycles. The van der Waals surface area contributed by atoms with Gasteiger partial charge in [0.05, 0.1) is 6.54 Å².